The SMILES string of the molecule is Cc1ccc(N2C(=O)c3ccccc3C2C(=O)c2c(O)ccc(C)c2C)cc1. The molecule has 0 radical (unpaired) electrons. The van der Waals surface area contributed by atoms with Gasteiger partial charge in [0, 0.05) is 11.3 Å². The zero-order valence-electron chi connectivity index (χ0n) is 16.1. The number of fused-ring (bicyclic) bond motifs is 1. The van der Waals surface area contributed by atoms with Crippen molar-refractivity contribution in [3.63, 3.8) is 0 Å². The van der Waals surface area contributed by atoms with E-state index in [9.17, 15) is 14.7 Å². The molecule has 1 unspecified atom stereocenters. The number of carbonyl (C=O) groups is 2. The molecule has 0 saturated heterocycles. The molecule has 1 aliphatic rings. The highest BCUT2D eigenvalue weighted by atomic mass is 16.3. The van der Waals surface area contributed by atoms with Gasteiger partial charge in [-0.1, -0.05) is 42.0 Å². The molecular formula is C24H21NO3. The van der Waals surface area contributed by atoms with Gasteiger partial charge >= 0.3 is 0 Å². The lowest BCUT2D eigenvalue weighted by molar-refractivity contribution is 0.0914. The minimum absolute atomic E-state index is 0.0613. The van der Waals surface area contributed by atoms with E-state index < -0.39 is 6.04 Å². The van der Waals surface area contributed by atoms with Gasteiger partial charge in [-0.25, -0.2) is 0 Å². The van der Waals surface area contributed by atoms with Gasteiger partial charge < -0.3 is 5.11 Å². The van der Waals surface area contributed by atoms with Crippen LogP contribution < -0.4 is 4.90 Å². The molecule has 3 aromatic rings. The summed E-state index contributed by atoms with van der Waals surface area (Å²) in [6.07, 6.45) is 0. The molecule has 0 aliphatic carbocycles. The van der Waals surface area contributed by atoms with Crippen LogP contribution in [0.1, 0.15) is 49.0 Å². The Morgan fingerprint density at radius 1 is 0.929 bits per heavy atom. The van der Waals surface area contributed by atoms with Crippen molar-refractivity contribution in [2.45, 2.75) is 26.8 Å². The molecule has 3 aromatic carbocycles. The summed E-state index contributed by atoms with van der Waals surface area (Å²) in [6.45, 7) is 5.69. The third kappa shape index (κ3) is 2.69. The smallest absolute Gasteiger partial charge is 0.259 e. The monoisotopic (exact) mass is 371 g/mol. The molecule has 1 heterocycles. The van der Waals surface area contributed by atoms with Gasteiger partial charge in [0.25, 0.3) is 5.91 Å². The first-order valence-corrected chi connectivity index (χ1v) is 9.22. The molecule has 0 aromatic heterocycles. The van der Waals surface area contributed by atoms with Crippen molar-refractivity contribution in [2.24, 2.45) is 0 Å². The molecule has 1 aliphatic heterocycles. The van der Waals surface area contributed by atoms with E-state index in [2.05, 4.69) is 0 Å². The molecule has 1 N–H and O–H groups in total. The summed E-state index contributed by atoms with van der Waals surface area (Å²) in [6, 6.07) is 17.2. The van der Waals surface area contributed by atoms with Gasteiger partial charge in [-0.05, 0) is 61.7 Å². The minimum Gasteiger partial charge on any atom is -0.507 e. The number of nitrogens with zero attached hydrogens (tertiary/aromatic N) is 1. The summed E-state index contributed by atoms with van der Waals surface area (Å²) in [4.78, 5) is 28.4. The van der Waals surface area contributed by atoms with Crippen molar-refractivity contribution < 1.29 is 14.7 Å². The Morgan fingerprint density at radius 3 is 2.32 bits per heavy atom. The minimum atomic E-state index is -0.808. The Balaban J connectivity index is 1.91. The average Bonchev–Trinajstić information content (AvgIpc) is 2.98. The third-order valence-electron chi connectivity index (χ3n) is 5.48. The molecule has 0 saturated carbocycles. The Hall–Kier alpha value is -3.40. The van der Waals surface area contributed by atoms with Crippen LogP contribution in [-0.4, -0.2) is 16.8 Å². The third-order valence-corrected chi connectivity index (χ3v) is 5.48. The molecule has 1 atom stereocenters. The van der Waals surface area contributed by atoms with E-state index in [0.717, 1.165) is 16.7 Å². The standard InChI is InChI=1S/C24H21NO3/c1-14-8-11-17(12-9-14)25-22(18-6-4-5-7-19(18)24(25)28)23(27)21-16(3)15(2)10-13-20(21)26/h4-13,22,26H,1-3H3. The second-order valence-electron chi connectivity index (χ2n) is 7.27. The summed E-state index contributed by atoms with van der Waals surface area (Å²) in [5, 5.41) is 10.4. The molecule has 0 fully saturated rings. The largest absolute Gasteiger partial charge is 0.507 e. The first-order valence-electron chi connectivity index (χ1n) is 9.22. The molecule has 4 heteroatoms. The first kappa shape index (κ1) is 18.0. The zero-order valence-corrected chi connectivity index (χ0v) is 16.1. The van der Waals surface area contributed by atoms with Gasteiger partial charge in [-0.3, -0.25) is 14.5 Å². The maximum Gasteiger partial charge on any atom is 0.259 e. The van der Waals surface area contributed by atoms with Gasteiger partial charge in [0.15, 0.2) is 5.78 Å². The number of aromatic hydroxyl groups is 1. The summed E-state index contributed by atoms with van der Waals surface area (Å²) in [7, 11) is 0. The van der Waals surface area contributed by atoms with Gasteiger partial charge in [0.2, 0.25) is 0 Å². The topological polar surface area (TPSA) is 57.6 Å². The molecule has 0 bridgehead atoms. The van der Waals surface area contributed by atoms with Crippen LogP contribution in [0.4, 0.5) is 5.69 Å². The lowest BCUT2D eigenvalue weighted by Gasteiger charge is -2.25. The van der Waals surface area contributed by atoms with Crippen LogP contribution in [0.25, 0.3) is 0 Å². The molecule has 4 rings (SSSR count). The number of amides is 1. The van der Waals surface area contributed by atoms with E-state index in [1.807, 2.05) is 57.2 Å². The molecule has 28 heavy (non-hydrogen) atoms. The Labute approximate surface area is 164 Å². The van der Waals surface area contributed by atoms with Crippen molar-refractivity contribution in [3.05, 3.63) is 94.0 Å². The van der Waals surface area contributed by atoms with Gasteiger partial charge in [0.1, 0.15) is 11.8 Å². The van der Waals surface area contributed by atoms with Crippen LogP contribution in [0.2, 0.25) is 0 Å². The number of hydrogen-bond acceptors (Lipinski definition) is 3. The predicted molar refractivity (Wildman–Crippen MR) is 109 cm³/mol. The molecular weight excluding hydrogens is 350 g/mol. The van der Waals surface area contributed by atoms with Crippen molar-refractivity contribution in [2.75, 3.05) is 4.90 Å². The van der Waals surface area contributed by atoms with Crippen LogP contribution in [0.15, 0.2) is 60.7 Å². The van der Waals surface area contributed by atoms with E-state index in [-0.39, 0.29) is 23.0 Å². The number of aryl methyl sites for hydroxylation is 2. The van der Waals surface area contributed by atoms with E-state index in [1.165, 1.54) is 11.0 Å². The summed E-state index contributed by atoms with van der Waals surface area (Å²) < 4.78 is 0. The predicted octanol–water partition coefficient (Wildman–Crippen LogP) is 4.90. The van der Waals surface area contributed by atoms with Crippen molar-refractivity contribution in [3.8, 4) is 5.75 Å². The van der Waals surface area contributed by atoms with Crippen LogP contribution in [0, 0.1) is 20.8 Å². The fraction of sp³-hybridized carbons (Fsp3) is 0.167. The normalized spacial score (nSPS) is 15.6. The lowest BCUT2D eigenvalue weighted by atomic mass is 9.91. The van der Waals surface area contributed by atoms with Gasteiger partial charge in [-0.15, -0.1) is 0 Å². The average molecular weight is 371 g/mol. The van der Waals surface area contributed by atoms with Crippen molar-refractivity contribution in [1.82, 2.24) is 0 Å². The Bertz CT molecular complexity index is 1100. The first-order chi connectivity index (χ1) is 13.4. The van der Waals surface area contributed by atoms with Gasteiger partial charge in [-0.2, -0.15) is 0 Å². The quantitative estimate of drug-likeness (QED) is 0.666. The highest BCUT2D eigenvalue weighted by Gasteiger charge is 2.43. The Kier molecular flexibility index (Phi) is 4.27. The lowest BCUT2D eigenvalue weighted by Crippen LogP contribution is -2.33. The number of ketones is 1. The molecule has 0 spiro atoms. The number of phenolic OH excluding ortho intramolecular Hbond substituents is 1. The maximum atomic E-state index is 13.6. The maximum absolute atomic E-state index is 13.6. The van der Waals surface area contributed by atoms with Crippen molar-refractivity contribution in [1.29, 1.82) is 0 Å². The van der Waals surface area contributed by atoms with Crippen LogP contribution in [0.3, 0.4) is 0 Å². The van der Waals surface area contributed by atoms with E-state index >= 15 is 0 Å². The van der Waals surface area contributed by atoms with E-state index in [1.54, 1.807) is 18.2 Å². The highest BCUT2D eigenvalue weighted by Crippen LogP contribution is 2.41. The molecule has 140 valence electrons. The highest BCUT2D eigenvalue weighted by molar-refractivity contribution is 6.19. The number of anilines is 1. The number of Topliss-reactive ketones (excluding diaryl/α,β-unsaturated/α-hetero) is 1. The fourth-order valence-corrected chi connectivity index (χ4v) is 3.80. The van der Waals surface area contributed by atoms with Crippen molar-refractivity contribution >= 4 is 17.4 Å². The molecule has 1 amide bonds. The number of rotatable bonds is 3. The molecule has 4 nitrogen and oxygen atoms in total. The Morgan fingerprint density at radius 2 is 1.61 bits per heavy atom. The fourth-order valence-electron chi connectivity index (χ4n) is 3.80. The summed E-state index contributed by atoms with van der Waals surface area (Å²) in [5.74, 6) is -0.547. The number of phenols is 1. The van der Waals surface area contributed by atoms with Crippen LogP contribution >= 0.6 is 0 Å². The number of hydrogen-bond donors (Lipinski definition) is 1. The van der Waals surface area contributed by atoms with Gasteiger partial charge in [0.05, 0.1) is 5.56 Å². The second kappa shape index (κ2) is 6.64. The summed E-state index contributed by atoms with van der Waals surface area (Å²) >= 11 is 0. The van der Waals surface area contributed by atoms with Crippen LogP contribution in [0.5, 0.6) is 5.75 Å². The van der Waals surface area contributed by atoms with Crippen LogP contribution in [-0.2, 0) is 0 Å². The zero-order chi connectivity index (χ0) is 20.0. The second-order valence-corrected chi connectivity index (χ2v) is 7.27. The van der Waals surface area contributed by atoms with E-state index in [4.69, 9.17) is 0 Å². The summed E-state index contributed by atoms with van der Waals surface area (Å²) in [5.41, 5.74) is 4.83. The number of benzene rings is 3. The van der Waals surface area contributed by atoms with E-state index in [0.29, 0.717) is 16.8 Å². The number of carbonyl (C=O) groups excluding carboxylic acids is 2.